The summed E-state index contributed by atoms with van der Waals surface area (Å²) in [7, 11) is -3.82. The number of sulfonamides is 1. The van der Waals surface area contributed by atoms with E-state index in [4.69, 9.17) is 23.2 Å². The lowest BCUT2D eigenvalue weighted by molar-refractivity contribution is -0.121. The van der Waals surface area contributed by atoms with Crippen molar-refractivity contribution in [2.45, 2.75) is 31.7 Å². The summed E-state index contributed by atoms with van der Waals surface area (Å²) < 4.78 is 26.1. The van der Waals surface area contributed by atoms with Crippen LogP contribution in [0.1, 0.15) is 20.8 Å². The first-order valence-corrected chi connectivity index (χ1v) is 8.62. The Labute approximate surface area is 135 Å². The molecule has 0 aliphatic heterocycles. The molecule has 1 N–H and O–H groups in total. The minimum Gasteiger partial charge on any atom is -0.353 e. The molecule has 0 aromatic heterocycles. The molecule has 0 fully saturated rings. The molecule has 8 heteroatoms. The van der Waals surface area contributed by atoms with Gasteiger partial charge in [0.2, 0.25) is 15.9 Å². The van der Waals surface area contributed by atoms with Gasteiger partial charge in [0.25, 0.3) is 0 Å². The standard InChI is InChI=1S/C13H18Cl2N2O3S/c1-4-17(8-13(18)16-9(2)3)21(19,20)12-6-10(14)5-11(15)7-12/h5-7,9H,4,8H2,1-3H3,(H,16,18). The van der Waals surface area contributed by atoms with Gasteiger partial charge >= 0.3 is 0 Å². The molecule has 21 heavy (non-hydrogen) atoms. The molecule has 0 saturated heterocycles. The fourth-order valence-electron chi connectivity index (χ4n) is 1.72. The van der Waals surface area contributed by atoms with Gasteiger partial charge < -0.3 is 5.32 Å². The first-order valence-electron chi connectivity index (χ1n) is 6.42. The van der Waals surface area contributed by atoms with Gasteiger partial charge in [-0.1, -0.05) is 30.1 Å². The van der Waals surface area contributed by atoms with E-state index in [-0.39, 0.29) is 40.0 Å². The zero-order valence-corrected chi connectivity index (χ0v) is 14.4. The van der Waals surface area contributed by atoms with Crippen LogP contribution in [0.3, 0.4) is 0 Å². The van der Waals surface area contributed by atoms with Gasteiger partial charge in [-0.15, -0.1) is 0 Å². The number of carbonyl (C=O) groups excluding carboxylic acids is 1. The van der Waals surface area contributed by atoms with E-state index in [2.05, 4.69) is 5.32 Å². The summed E-state index contributed by atoms with van der Waals surface area (Å²) in [6.07, 6.45) is 0. The SMILES string of the molecule is CCN(CC(=O)NC(C)C)S(=O)(=O)c1cc(Cl)cc(Cl)c1. The van der Waals surface area contributed by atoms with Gasteiger partial charge in [0.1, 0.15) is 0 Å². The van der Waals surface area contributed by atoms with Crippen molar-refractivity contribution in [1.82, 2.24) is 9.62 Å². The van der Waals surface area contributed by atoms with E-state index in [0.717, 1.165) is 4.31 Å². The van der Waals surface area contributed by atoms with E-state index in [1.165, 1.54) is 18.2 Å². The van der Waals surface area contributed by atoms with E-state index < -0.39 is 10.0 Å². The molecule has 0 heterocycles. The molecule has 0 aliphatic carbocycles. The minimum absolute atomic E-state index is 0.0285. The largest absolute Gasteiger partial charge is 0.353 e. The predicted molar refractivity (Wildman–Crippen MR) is 84.2 cm³/mol. The maximum Gasteiger partial charge on any atom is 0.243 e. The van der Waals surface area contributed by atoms with Crippen LogP contribution in [-0.2, 0) is 14.8 Å². The van der Waals surface area contributed by atoms with Crippen LogP contribution in [-0.4, -0.2) is 37.8 Å². The molecule has 118 valence electrons. The Hall–Kier alpha value is -0.820. The van der Waals surface area contributed by atoms with Crippen molar-refractivity contribution in [3.63, 3.8) is 0 Å². The maximum absolute atomic E-state index is 12.5. The topological polar surface area (TPSA) is 66.5 Å². The molecule has 0 bridgehead atoms. The van der Waals surface area contributed by atoms with Crippen LogP contribution in [0.2, 0.25) is 10.0 Å². The highest BCUT2D eigenvalue weighted by Crippen LogP contribution is 2.24. The number of likely N-dealkylation sites (N-methyl/N-ethyl adjacent to an activating group) is 1. The summed E-state index contributed by atoms with van der Waals surface area (Å²) in [5.74, 6) is -0.358. The molecule has 0 saturated carbocycles. The molecular weight excluding hydrogens is 335 g/mol. The third-order valence-electron chi connectivity index (χ3n) is 2.60. The highest BCUT2D eigenvalue weighted by Gasteiger charge is 2.26. The molecular formula is C13H18Cl2N2O3S. The number of nitrogens with zero attached hydrogens (tertiary/aromatic N) is 1. The summed E-state index contributed by atoms with van der Waals surface area (Å²) in [4.78, 5) is 11.7. The number of rotatable bonds is 6. The fraction of sp³-hybridized carbons (Fsp3) is 0.462. The Morgan fingerprint density at radius 2 is 1.76 bits per heavy atom. The van der Waals surface area contributed by atoms with E-state index in [0.29, 0.717) is 0 Å². The molecule has 1 aromatic carbocycles. The first kappa shape index (κ1) is 18.2. The lowest BCUT2D eigenvalue weighted by Gasteiger charge is -2.21. The average Bonchev–Trinajstić information content (AvgIpc) is 2.33. The van der Waals surface area contributed by atoms with E-state index in [1.54, 1.807) is 20.8 Å². The normalized spacial score (nSPS) is 12.0. The third-order valence-corrected chi connectivity index (χ3v) is 4.93. The number of nitrogens with one attached hydrogen (secondary N) is 1. The number of hydrogen-bond acceptors (Lipinski definition) is 3. The van der Waals surface area contributed by atoms with E-state index >= 15 is 0 Å². The second-order valence-corrected chi connectivity index (χ2v) is 7.57. The number of benzene rings is 1. The van der Waals surface area contributed by atoms with E-state index in [1.807, 2.05) is 0 Å². The quantitative estimate of drug-likeness (QED) is 0.855. The van der Waals surface area contributed by atoms with Crippen LogP contribution in [0.4, 0.5) is 0 Å². The van der Waals surface area contributed by atoms with Crippen molar-refractivity contribution >= 4 is 39.1 Å². The fourth-order valence-corrected chi connectivity index (χ4v) is 3.85. The lowest BCUT2D eigenvalue weighted by Crippen LogP contribution is -2.42. The monoisotopic (exact) mass is 352 g/mol. The molecule has 1 aromatic rings. The zero-order chi connectivity index (χ0) is 16.2. The molecule has 0 spiro atoms. The van der Waals surface area contributed by atoms with Crippen molar-refractivity contribution < 1.29 is 13.2 Å². The summed E-state index contributed by atoms with van der Waals surface area (Å²) in [6.45, 7) is 5.18. The van der Waals surface area contributed by atoms with Crippen molar-refractivity contribution in [1.29, 1.82) is 0 Å². The summed E-state index contributed by atoms with van der Waals surface area (Å²) >= 11 is 11.7. The number of carbonyl (C=O) groups is 1. The number of hydrogen-bond donors (Lipinski definition) is 1. The van der Waals surface area contributed by atoms with Gasteiger partial charge in [-0.3, -0.25) is 4.79 Å². The van der Waals surface area contributed by atoms with Crippen LogP contribution in [0.5, 0.6) is 0 Å². The van der Waals surface area contributed by atoms with Crippen molar-refractivity contribution in [3.8, 4) is 0 Å². The summed E-state index contributed by atoms with van der Waals surface area (Å²) in [6, 6.07) is 4.01. The zero-order valence-electron chi connectivity index (χ0n) is 12.1. The van der Waals surface area contributed by atoms with Crippen LogP contribution < -0.4 is 5.32 Å². The number of amides is 1. The Balaban J connectivity index is 3.05. The average molecular weight is 353 g/mol. The predicted octanol–water partition coefficient (Wildman–Crippen LogP) is 2.53. The van der Waals surface area contributed by atoms with E-state index in [9.17, 15) is 13.2 Å². The smallest absolute Gasteiger partial charge is 0.243 e. The van der Waals surface area contributed by atoms with Gasteiger partial charge in [0, 0.05) is 22.6 Å². The minimum atomic E-state index is -3.82. The van der Waals surface area contributed by atoms with Crippen LogP contribution in [0.15, 0.2) is 23.1 Å². The van der Waals surface area contributed by atoms with Gasteiger partial charge in [-0.25, -0.2) is 8.42 Å². The Kier molecular flexibility index (Phi) is 6.46. The summed E-state index contributed by atoms with van der Waals surface area (Å²) in [5.41, 5.74) is 0. The third kappa shape index (κ3) is 5.14. The first-order chi connectivity index (χ1) is 9.66. The van der Waals surface area contributed by atoms with Crippen LogP contribution >= 0.6 is 23.2 Å². The molecule has 0 aliphatic rings. The molecule has 0 atom stereocenters. The second kappa shape index (κ2) is 7.45. The maximum atomic E-state index is 12.5. The Morgan fingerprint density at radius 3 is 2.19 bits per heavy atom. The Bertz CT molecular complexity index is 598. The Morgan fingerprint density at radius 1 is 1.24 bits per heavy atom. The van der Waals surface area contributed by atoms with Crippen LogP contribution in [0, 0.1) is 0 Å². The van der Waals surface area contributed by atoms with Crippen molar-refractivity contribution in [3.05, 3.63) is 28.2 Å². The van der Waals surface area contributed by atoms with Gasteiger partial charge in [-0.2, -0.15) is 4.31 Å². The van der Waals surface area contributed by atoms with Crippen molar-refractivity contribution in [2.24, 2.45) is 0 Å². The molecule has 5 nitrogen and oxygen atoms in total. The molecule has 1 rings (SSSR count). The highest BCUT2D eigenvalue weighted by molar-refractivity contribution is 7.89. The molecule has 0 unspecified atom stereocenters. The number of halogens is 2. The van der Waals surface area contributed by atoms with Gasteiger partial charge in [-0.05, 0) is 32.0 Å². The molecule has 1 amide bonds. The van der Waals surface area contributed by atoms with Gasteiger partial charge in [0.05, 0.1) is 11.4 Å². The second-order valence-electron chi connectivity index (χ2n) is 4.76. The molecule has 0 radical (unpaired) electrons. The van der Waals surface area contributed by atoms with Crippen LogP contribution in [0.25, 0.3) is 0 Å². The van der Waals surface area contributed by atoms with Gasteiger partial charge in [0.15, 0.2) is 0 Å². The highest BCUT2D eigenvalue weighted by atomic mass is 35.5. The van der Waals surface area contributed by atoms with Crippen molar-refractivity contribution in [2.75, 3.05) is 13.1 Å². The summed E-state index contributed by atoms with van der Waals surface area (Å²) in [5, 5.41) is 3.11. The lowest BCUT2D eigenvalue weighted by atomic mass is 10.4.